The molecular formula is C16H22N2O3. The van der Waals surface area contributed by atoms with Crippen LogP contribution in [-0.4, -0.2) is 43.5 Å². The predicted molar refractivity (Wildman–Crippen MR) is 82.9 cm³/mol. The van der Waals surface area contributed by atoms with Crippen molar-refractivity contribution < 1.29 is 14.3 Å². The van der Waals surface area contributed by atoms with E-state index >= 15 is 0 Å². The van der Waals surface area contributed by atoms with Crippen LogP contribution in [0.25, 0.3) is 6.08 Å². The Labute approximate surface area is 125 Å². The summed E-state index contributed by atoms with van der Waals surface area (Å²) < 4.78 is 5.06. The molecule has 5 nitrogen and oxygen atoms in total. The van der Waals surface area contributed by atoms with Crippen LogP contribution in [0.4, 0.5) is 0 Å². The molecule has 0 aliphatic rings. The molecule has 1 aromatic carbocycles. The van der Waals surface area contributed by atoms with Crippen molar-refractivity contribution in [2.75, 3.05) is 20.7 Å². The number of likely N-dealkylation sites (N-methyl/N-ethyl adjacent to an activating group) is 1. The van der Waals surface area contributed by atoms with Gasteiger partial charge in [-0.15, -0.1) is 0 Å². The summed E-state index contributed by atoms with van der Waals surface area (Å²) in [4.78, 5) is 25.2. The Morgan fingerprint density at radius 1 is 1.33 bits per heavy atom. The molecule has 0 saturated carbocycles. The van der Waals surface area contributed by atoms with Crippen LogP contribution >= 0.6 is 0 Å². The fourth-order valence-corrected chi connectivity index (χ4v) is 1.70. The Hall–Kier alpha value is -2.30. The highest BCUT2D eigenvalue weighted by Crippen LogP contribution is 2.12. The second-order valence-corrected chi connectivity index (χ2v) is 4.69. The number of rotatable bonds is 6. The van der Waals surface area contributed by atoms with Crippen LogP contribution in [0.2, 0.25) is 0 Å². The van der Waals surface area contributed by atoms with Crippen LogP contribution in [0.5, 0.6) is 5.75 Å². The molecule has 0 aliphatic carbocycles. The minimum Gasteiger partial charge on any atom is -0.497 e. The van der Waals surface area contributed by atoms with Crippen molar-refractivity contribution in [3.8, 4) is 5.75 Å². The van der Waals surface area contributed by atoms with E-state index in [1.807, 2.05) is 31.2 Å². The first-order valence-corrected chi connectivity index (χ1v) is 6.85. The highest BCUT2D eigenvalue weighted by molar-refractivity contribution is 5.95. The molecular weight excluding hydrogens is 268 g/mol. The lowest BCUT2D eigenvalue weighted by atomic mass is 10.2. The van der Waals surface area contributed by atoms with Gasteiger partial charge in [0, 0.05) is 19.7 Å². The van der Waals surface area contributed by atoms with Crippen molar-refractivity contribution in [2.45, 2.75) is 19.9 Å². The van der Waals surface area contributed by atoms with Gasteiger partial charge in [-0.1, -0.05) is 12.1 Å². The molecule has 114 valence electrons. The summed E-state index contributed by atoms with van der Waals surface area (Å²) in [5.41, 5.74) is 0.885. The first-order valence-electron chi connectivity index (χ1n) is 6.85. The lowest BCUT2D eigenvalue weighted by Gasteiger charge is -2.19. The van der Waals surface area contributed by atoms with E-state index in [9.17, 15) is 9.59 Å². The maximum absolute atomic E-state index is 11.8. The molecule has 0 heterocycles. The van der Waals surface area contributed by atoms with Crippen LogP contribution in [0.1, 0.15) is 19.4 Å². The third kappa shape index (κ3) is 5.30. The molecule has 1 N–H and O–H groups in total. The number of hydrogen-bond donors (Lipinski definition) is 1. The molecule has 0 aromatic heterocycles. The Bertz CT molecular complexity index is 509. The minimum absolute atomic E-state index is 0.108. The fourth-order valence-electron chi connectivity index (χ4n) is 1.70. The number of amides is 2. The molecule has 1 unspecified atom stereocenters. The van der Waals surface area contributed by atoms with Gasteiger partial charge in [-0.25, -0.2) is 0 Å². The molecule has 0 radical (unpaired) electrons. The predicted octanol–water partition coefficient (Wildman–Crippen LogP) is 1.69. The molecule has 1 rings (SSSR count). The van der Waals surface area contributed by atoms with Gasteiger partial charge in [-0.2, -0.15) is 0 Å². The van der Waals surface area contributed by atoms with Crippen molar-refractivity contribution in [1.82, 2.24) is 10.2 Å². The van der Waals surface area contributed by atoms with Gasteiger partial charge in [0.1, 0.15) is 11.8 Å². The Morgan fingerprint density at radius 3 is 2.48 bits per heavy atom. The summed E-state index contributed by atoms with van der Waals surface area (Å²) >= 11 is 0. The lowest BCUT2D eigenvalue weighted by molar-refractivity contribution is -0.133. The highest BCUT2D eigenvalue weighted by Gasteiger charge is 2.17. The maximum Gasteiger partial charge on any atom is 0.244 e. The molecule has 2 amide bonds. The Kier molecular flexibility index (Phi) is 6.46. The molecule has 0 aliphatic heterocycles. The quantitative estimate of drug-likeness (QED) is 0.811. The molecule has 1 atom stereocenters. The number of benzene rings is 1. The standard InChI is InChI=1S/C16H22N2O3/c1-5-18(3)16(20)12(2)17-15(19)11-8-13-6-9-14(21-4)10-7-13/h6-12H,5H2,1-4H3,(H,17,19)/b11-8+. The first kappa shape index (κ1) is 16.8. The molecule has 5 heteroatoms. The Morgan fingerprint density at radius 2 is 1.95 bits per heavy atom. The SMILES string of the molecule is CCN(C)C(=O)C(C)NC(=O)/C=C/c1ccc(OC)cc1. The smallest absolute Gasteiger partial charge is 0.244 e. The zero-order valence-corrected chi connectivity index (χ0v) is 12.9. The minimum atomic E-state index is -0.539. The van der Waals surface area contributed by atoms with Gasteiger partial charge >= 0.3 is 0 Å². The number of nitrogens with zero attached hydrogens (tertiary/aromatic N) is 1. The second-order valence-electron chi connectivity index (χ2n) is 4.69. The van der Waals surface area contributed by atoms with Crippen molar-refractivity contribution in [2.24, 2.45) is 0 Å². The zero-order valence-electron chi connectivity index (χ0n) is 12.9. The van der Waals surface area contributed by atoms with Crippen LogP contribution in [0.15, 0.2) is 30.3 Å². The highest BCUT2D eigenvalue weighted by atomic mass is 16.5. The second kappa shape index (κ2) is 8.09. The molecule has 0 saturated heterocycles. The van der Waals surface area contributed by atoms with Crippen LogP contribution in [0.3, 0.4) is 0 Å². The number of carbonyl (C=O) groups is 2. The number of carbonyl (C=O) groups excluding carboxylic acids is 2. The van der Waals surface area contributed by atoms with Crippen molar-refractivity contribution in [3.05, 3.63) is 35.9 Å². The summed E-state index contributed by atoms with van der Waals surface area (Å²) in [6.45, 7) is 4.17. The average Bonchev–Trinajstić information content (AvgIpc) is 2.51. The van der Waals surface area contributed by atoms with E-state index in [0.29, 0.717) is 6.54 Å². The molecule has 0 fully saturated rings. The normalized spacial score (nSPS) is 12.0. The Balaban J connectivity index is 2.56. The molecule has 21 heavy (non-hydrogen) atoms. The van der Waals surface area contributed by atoms with Crippen molar-refractivity contribution in [1.29, 1.82) is 0 Å². The van der Waals surface area contributed by atoms with Gasteiger partial charge in [-0.05, 0) is 37.6 Å². The van der Waals surface area contributed by atoms with E-state index < -0.39 is 6.04 Å². The van der Waals surface area contributed by atoms with Crippen LogP contribution in [-0.2, 0) is 9.59 Å². The largest absolute Gasteiger partial charge is 0.497 e. The lowest BCUT2D eigenvalue weighted by Crippen LogP contribution is -2.44. The maximum atomic E-state index is 11.8. The summed E-state index contributed by atoms with van der Waals surface area (Å²) in [6.07, 6.45) is 3.10. The van der Waals surface area contributed by atoms with Gasteiger partial charge in [0.2, 0.25) is 11.8 Å². The van der Waals surface area contributed by atoms with E-state index in [1.54, 1.807) is 32.1 Å². The summed E-state index contributed by atoms with van der Waals surface area (Å²) in [6, 6.07) is 6.80. The van der Waals surface area contributed by atoms with Crippen molar-refractivity contribution >= 4 is 17.9 Å². The molecule has 1 aromatic rings. The fraction of sp³-hybridized carbons (Fsp3) is 0.375. The van der Waals surface area contributed by atoms with E-state index in [-0.39, 0.29) is 11.8 Å². The third-order valence-corrected chi connectivity index (χ3v) is 3.12. The summed E-state index contributed by atoms with van der Waals surface area (Å²) in [5.74, 6) is 0.360. The van der Waals surface area contributed by atoms with Gasteiger partial charge in [0.25, 0.3) is 0 Å². The van der Waals surface area contributed by atoms with Gasteiger partial charge in [0.05, 0.1) is 7.11 Å². The zero-order chi connectivity index (χ0) is 15.8. The van der Waals surface area contributed by atoms with Gasteiger partial charge < -0.3 is 15.0 Å². The average molecular weight is 290 g/mol. The number of ether oxygens (including phenoxy) is 1. The topological polar surface area (TPSA) is 58.6 Å². The summed E-state index contributed by atoms with van der Waals surface area (Å²) in [5, 5.41) is 2.65. The monoisotopic (exact) mass is 290 g/mol. The molecule has 0 bridgehead atoms. The number of methoxy groups -OCH3 is 1. The van der Waals surface area contributed by atoms with E-state index in [1.165, 1.54) is 6.08 Å². The first-order chi connectivity index (χ1) is 9.97. The van der Waals surface area contributed by atoms with E-state index in [2.05, 4.69) is 5.32 Å². The van der Waals surface area contributed by atoms with E-state index in [4.69, 9.17) is 4.74 Å². The van der Waals surface area contributed by atoms with Crippen LogP contribution < -0.4 is 10.1 Å². The van der Waals surface area contributed by atoms with E-state index in [0.717, 1.165) is 11.3 Å². The van der Waals surface area contributed by atoms with Gasteiger partial charge in [-0.3, -0.25) is 9.59 Å². The number of nitrogens with one attached hydrogen (secondary N) is 1. The summed E-state index contributed by atoms with van der Waals surface area (Å²) in [7, 11) is 3.31. The van der Waals surface area contributed by atoms with Gasteiger partial charge in [0.15, 0.2) is 0 Å². The van der Waals surface area contributed by atoms with Crippen molar-refractivity contribution in [3.63, 3.8) is 0 Å². The van der Waals surface area contributed by atoms with Crippen LogP contribution in [0, 0.1) is 0 Å². The molecule has 0 spiro atoms. The third-order valence-electron chi connectivity index (χ3n) is 3.12. The number of hydrogen-bond acceptors (Lipinski definition) is 3.